The van der Waals surface area contributed by atoms with Gasteiger partial charge in [0, 0.05) is 23.4 Å². The van der Waals surface area contributed by atoms with Crippen LogP contribution in [0.1, 0.15) is 12.8 Å². The fraction of sp³-hybridized carbons (Fsp3) is 0.217. The standard InChI is InChI=1S/C23H16ClF2N5O5/c24-14-7-11(1-5-15(14)32)19-20-21(28-10-27-20)22(34)30(29-19)9-18(33)31(12-2-3-12)13-4-6-16-17(8-13)36-23(25,26)35-16/h1,4-8,10,12,32H,2-3,9H2,(H,27,28). The lowest BCUT2D eigenvalue weighted by Crippen LogP contribution is -2.39. The molecule has 4 aromatic rings. The number of imidazole rings is 1. The minimum Gasteiger partial charge on any atom is -0.506 e. The van der Waals surface area contributed by atoms with Crippen LogP contribution >= 0.6 is 11.6 Å². The predicted molar refractivity (Wildman–Crippen MR) is 123 cm³/mol. The molecule has 0 spiro atoms. The lowest BCUT2D eigenvalue weighted by Gasteiger charge is -2.23. The molecule has 0 radical (unpaired) electrons. The van der Waals surface area contributed by atoms with Crippen molar-refractivity contribution < 1.29 is 28.2 Å². The number of ether oxygens (including phenoxy) is 2. The number of aromatic hydroxyl groups is 1. The molecule has 13 heteroatoms. The van der Waals surface area contributed by atoms with Crippen LogP contribution in [0.5, 0.6) is 17.2 Å². The Labute approximate surface area is 205 Å². The number of benzene rings is 2. The van der Waals surface area contributed by atoms with Crippen LogP contribution in [-0.2, 0) is 11.3 Å². The summed E-state index contributed by atoms with van der Waals surface area (Å²) in [5.41, 5.74) is 0.950. The number of aromatic amines is 1. The summed E-state index contributed by atoms with van der Waals surface area (Å²) in [4.78, 5) is 34.9. The molecule has 1 fully saturated rings. The lowest BCUT2D eigenvalue weighted by molar-refractivity contribution is -0.286. The number of hydrogen-bond donors (Lipinski definition) is 2. The number of anilines is 1. The highest BCUT2D eigenvalue weighted by atomic mass is 35.5. The van der Waals surface area contributed by atoms with Gasteiger partial charge in [-0.15, -0.1) is 8.78 Å². The van der Waals surface area contributed by atoms with Crippen LogP contribution in [0.25, 0.3) is 22.3 Å². The molecule has 2 aromatic carbocycles. The monoisotopic (exact) mass is 515 g/mol. The van der Waals surface area contributed by atoms with Crippen molar-refractivity contribution in [3.63, 3.8) is 0 Å². The summed E-state index contributed by atoms with van der Waals surface area (Å²) >= 11 is 6.05. The van der Waals surface area contributed by atoms with Gasteiger partial charge in [0.05, 0.1) is 11.3 Å². The van der Waals surface area contributed by atoms with Crippen molar-refractivity contribution in [1.82, 2.24) is 19.7 Å². The van der Waals surface area contributed by atoms with Gasteiger partial charge < -0.3 is 24.5 Å². The van der Waals surface area contributed by atoms with Crippen molar-refractivity contribution in [2.45, 2.75) is 31.7 Å². The molecular formula is C23H16ClF2N5O5. The van der Waals surface area contributed by atoms with Crippen LogP contribution in [0.15, 0.2) is 47.5 Å². The molecule has 0 unspecified atom stereocenters. The van der Waals surface area contributed by atoms with Gasteiger partial charge in [-0.05, 0) is 43.2 Å². The van der Waals surface area contributed by atoms with Crippen LogP contribution in [0.4, 0.5) is 14.5 Å². The summed E-state index contributed by atoms with van der Waals surface area (Å²) in [6.07, 6.45) is -1.00. The number of amides is 1. The second-order valence-electron chi connectivity index (χ2n) is 8.40. The van der Waals surface area contributed by atoms with Crippen LogP contribution in [0.2, 0.25) is 5.02 Å². The first-order valence-electron chi connectivity index (χ1n) is 10.9. The number of rotatable bonds is 5. The largest absolute Gasteiger partial charge is 0.586 e. The van der Waals surface area contributed by atoms with Gasteiger partial charge in [0.2, 0.25) is 5.91 Å². The number of aromatic nitrogens is 4. The second-order valence-corrected chi connectivity index (χ2v) is 8.80. The van der Waals surface area contributed by atoms with Gasteiger partial charge in [-0.3, -0.25) is 9.59 Å². The first-order chi connectivity index (χ1) is 17.2. The van der Waals surface area contributed by atoms with Gasteiger partial charge >= 0.3 is 6.29 Å². The molecule has 1 aliphatic carbocycles. The molecule has 1 saturated carbocycles. The highest BCUT2D eigenvalue weighted by Crippen LogP contribution is 2.44. The molecule has 0 atom stereocenters. The van der Waals surface area contributed by atoms with Gasteiger partial charge in [-0.1, -0.05) is 11.6 Å². The van der Waals surface area contributed by atoms with Gasteiger partial charge in [-0.2, -0.15) is 5.10 Å². The summed E-state index contributed by atoms with van der Waals surface area (Å²) in [6.45, 7) is -0.423. The zero-order chi connectivity index (χ0) is 25.2. The van der Waals surface area contributed by atoms with E-state index in [0.29, 0.717) is 11.3 Å². The number of alkyl halides is 2. The zero-order valence-electron chi connectivity index (χ0n) is 18.2. The number of H-pyrrole nitrogens is 1. The van der Waals surface area contributed by atoms with Crippen molar-refractivity contribution in [3.05, 3.63) is 58.1 Å². The number of phenolic OH excluding ortho intramolecular Hbond substituents is 1. The molecule has 1 aliphatic heterocycles. The summed E-state index contributed by atoms with van der Waals surface area (Å²) < 4.78 is 36.9. The molecule has 6 rings (SSSR count). The van der Waals surface area contributed by atoms with E-state index in [-0.39, 0.29) is 45.0 Å². The molecule has 0 saturated heterocycles. The van der Waals surface area contributed by atoms with E-state index in [2.05, 4.69) is 24.5 Å². The molecule has 2 aliphatic rings. The van der Waals surface area contributed by atoms with Gasteiger partial charge in [0.1, 0.15) is 29.0 Å². The number of fused-ring (bicyclic) bond motifs is 2. The number of carbonyl (C=O) groups is 1. The lowest BCUT2D eigenvalue weighted by atomic mass is 10.1. The fourth-order valence-corrected chi connectivity index (χ4v) is 4.30. The van der Waals surface area contributed by atoms with Crippen molar-refractivity contribution >= 4 is 34.2 Å². The number of nitrogens with one attached hydrogen (secondary N) is 1. The molecule has 184 valence electrons. The van der Waals surface area contributed by atoms with Crippen LogP contribution in [0, 0.1) is 0 Å². The van der Waals surface area contributed by atoms with E-state index in [1.54, 1.807) is 6.07 Å². The first-order valence-corrected chi connectivity index (χ1v) is 11.2. The maximum atomic E-state index is 13.5. The quantitative estimate of drug-likeness (QED) is 0.416. The van der Waals surface area contributed by atoms with E-state index in [1.165, 1.54) is 41.6 Å². The number of halogens is 3. The van der Waals surface area contributed by atoms with Crippen LogP contribution in [0.3, 0.4) is 0 Å². The third kappa shape index (κ3) is 3.79. The maximum absolute atomic E-state index is 13.5. The molecule has 3 heterocycles. The van der Waals surface area contributed by atoms with Crippen molar-refractivity contribution in [3.8, 4) is 28.5 Å². The molecule has 10 nitrogen and oxygen atoms in total. The third-order valence-electron chi connectivity index (χ3n) is 5.88. The van der Waals surface area contributed by atoms with Crippen molar-refractivity contribution in [2.24, 2.45) is 0 Å². The van der Waals surface area contributed by atoms with Crippen LogP contribution in [-0.4, -0.2) is 43.1 Å². The van der Waals surface area contributed by atoms with Crippen molar-refractivity contribution in [1.29, 1.82) is 0 Å². The molecule has 0 bridgehead atoms. The zero-order valence-corrected chi connectivity index (χ0v) is 19.0. The number of carbonyl (C=O) groups excluding carboxylic acids is 1. The predicted octanol–water partition coefficient (Wildman–Crippen LogP) is 3.66. The summed E-state index contributed by atoms with van der Waals surface area (Å²) in [7, 11) is 0. The molecular weight excluding hydrogens is 500 g/mol. The Morgan fingerprint density at radius 3 is 2.75 bits per heavy atom. The van der Waals surface area contributed by atoms with E-state index in [0.717, 1.165) is 17.5 Å². The van der Waals surface area contributed by atoms with Crippen molar-refractivity contribution in [2.75, 3.05) is 4.90 Å². The Morgan fingerprint density at radius 2 is 2.00 bits per heavy atom. The molecule has 1 amide bonds. The number of phenols is 1. The Hall–Kier alpha value is -4.19. The molecule has 36 heavy (non-hydrogen) atoms. The Morgan fingerprint density at radius 1 is 1.22 bits per heavy atom. The topological polar surface area (TPSA) is 123 Å². The normalized spacial score (nSPS) is 15.9. The minimum absolute atomic E-state index is 0.0834. The molecule has 2 aromatic heterocycles. The Balaban J connectivity index is 1.37. The minimum atomic E-state index is -3.78. The fourth-order valence-electron chi connectivity index (χ4n) is 4.12. The van der Waals surface area contributed by atoms with Crippen LogP contribution < -0.4 is 19.9 Å². The first kappa shape index (κ1) is 22.3. The van der Waals surface area contributed by atoms with E-state index in [9.17, 15) is 23.5 Å². The highest BCUT2D eigenvalue weighted by Gasteiger charge is 2.44. The van der Waals surface area contributed by atoms with Gasteiger partial charge in [0.15, 0.2) is 11.5 Å². The number of hydrogen-bond acceptors (Lipinski definition) is 7. The summed E-state index contributed by atoms with van der Waals surface area (Å²) in [6, 6.07) is 8.37. The average Bonchev–Trinajstić information content (AvgIpc) is 3.42. The average molecular weight is 516 g/mol. The summed E-state index contributed by atoms with van der Waals surface area (Å²) in [5.74, 6) is -0.904. The second kappa shape index (κ2) is 7.92. The van der Waals surface area contributed by atoms with E-state index >= 15 is 0 Å². The number of nitrogens with zero attached hydrogens (tertiary/aromatic N) is 4. The highest BCUT2D eigenvalue weighted by molar-refractivity contribution is 6.32. The molecule has 2 N–H and O–H groups in total. The van der Waals surface area contributed by atoms with Gasteiger partial charge in [-0.25, -0.2) is 9.67 Å². The third-order valence-corrected chi connectivity index (χ3v) is 6.19. The van der Waals surface area contributed by atoms with E-state index < -0.39 is 24.3 Å². The smallest absolute Gasteiger partial charge is 0.506 e. The van der Waals surface area contributed by atoms with Gasteiger partial charge in [0.25, 0.3) is 5.56 Å². The SMILES string of the molecule is O=C(Cn1nc(-c2ccc(O)c(Cl)c2)c2nc[nH]c2c1=O)N(c1ccc2c(c1)OC(F)(F)O2)C1CC1. The summed E-state index contributed by atoms with van der Waals surface area (Å²) in [5, 5.41) is 14.2. The Bertz CT molecular complexity index is 1600. The van der Waals surface area contributed by atoms with E-state index in [1.807, 2.05) is 0 Å². The maximum Gasteiger partial charge on any atom is 0.586 e. The van der Waals surface area contributed by atoms with E-state index in [4.69, 9.17) is 11.6 Å². The Kier molecular flexibility index (Phi) is 4.90.